The summed E-state index contributed by atoms with van der Waals surface area (Å²) in [6.45, 7) is 4.78. The molecule has 1 aliphatic rings. The van der Waals surface area contributed by atoms with Gasteiger partial charge in [0.25, 0.3) is 5.69 Å². The van der Waals surface area contributed by atoms with Crippen LogP contribution in [-0.4, -0.2) is 49.7 Å². The fraction of sp³-hybridized carbons (Fsp3) is 0.600. The number of nitro benzene ring substituents is 1. The average Bonchev–Trinajstić information content (AvgIpc) is 2.49. The monoisotopic (exact) mass is 293 g/mol. The van der Waals surface area contributed by atoms with E-state index in [4.69, 9.17) is 4.74 Å². The van der Waals surface area contributed by atoms with Crippen molar-refractivity contribution in [1.82, 2.24) is 10.2 Å². The van der Waals surface area contributed by atoms with Crippen molar-refractivity contribution >= 4 is 5.69 Å². The number of piperidine rings is 1. The first-order chi connectivity index (χ1) is 10.1. The predicted molar refractivity (Wildman–Crippen MR) is 81.7 cm³/mol. The maximum absolute atomic E-state index is 10.5. The third-order valence-electron chi connectivity index (χ3n) is 3.87. The number of benzene rings is 1. The number of hydrogen-bond donors (Lipinski definition) is 1. The summed E-state index contributed by atoms with van der Waals surface area (Å²) in [4.78, 5) is 12.5. The van der Waals surface area contributed by atoms with Gasteiger partial charge in [-0.2, -0.15) is 0 Å². The van der Waals surface area contributed by atoms with E-state index in [1.54, 1.807) is 12.1 Å². The topological polar surface area (TPSA) is 67.6 Å². The molecule has 6 heteroatoms. The van der Waals surface area contributed by atoms with Crippen LogP contribution >= 0.6 is 0 Å². The molecule has 116 valence electrons. The molecule has 1 N–H and O–H groups in total. The van der Waals surface area contributed by atoms with Gasteiger partial charge < -0.3 is 15.0 Å². The van der Waals surface area contributed by atoms with Gasteiger partial charge in [0.15, 0.2) is 0 Å². The molecule has 0 aliphatic carbocycles. The molecule has 1 saturated heterocycles. The summed E-state index contributed by atoms with van der Waals surface area (Å²) in [5.74, 6) is 1.43. The van der Waals surface area contributed by atoms with E-state index in [1.165, 1.54) is 38.1 Å². The molecule has 1 aliphatic heterocycles. The Kier molecular flexibility index (Phi) is 5.95. The largest absolute Gasteiger partial charge is 0.492 e. The number of nitrogens with zero attached hydrogens (tertiary/aromatic N) is 2. The minimum absolute atomic E-state index is 0.0859. The van der Waals surface area contributed by atoms with Gasteiger partial charge in [0.05, 0.1) is 4.92 Å². The van der Waals surface area contributed by atoms with Crippen LogP contribution in [0.15, 0.2) is 24.3 Å². The molecule has 0 amide bonds. The van der Waals surface area contributed by atoms with E-state index in [2.05, 4.69) is 17.3 Å². The molecule has 6 nitrogen and oxygen atoms in total. The van der Waals surface area contributed by atoms with Crippen LogP contribution in [0.2, 0.25) is 0 Å². The molecule has 0 unspecified atom stereocenters. The van der Waals surface area contributed by atoms with Crippen molar-refractivity contribution in [2.24, 2.45) is 5.92 Å². The summed E-state index contributed by atoms with van der Waals surface area (Å²) in [6.07, 6.45) is 2.51. The zero-order chi connectivity index (χ0) is 15.1. The predicted octanol–water partition coefficient (Wildman–Crippen LogP) is 1.90. The van der Waals surface area contributed by atoms with Crippen molar-refractivity contribution in [1.29, 1.82) is 0 Å². The number of hydrogen-bond acceptors (Lipinski definition) is 5. The van der Waals surface area contributed by atoms with Gasteiger partial charge in [0, 0.05) is 18.7 Å². The van der Waals surface area contributed by atoms with Crippen LogP contribution in [-0.2, 0) is 0 Å². The third-order valence-corrected chi connectivity index (χ3v) is 3.87. The van der Waals surface area contributed by atoms with E-state index >= 15 is 0 Å². The number of nitrogens with one attached hydrogen (secondary N) is 1. The molecular weight excluding hydrogens is 270 g/mol. The average molecular weight is 293 g/mol. The van der Waals surface area contributed by atoms with E-state index in [0.717, 1.165) is 19.0 Å². The Bertz CT molecular complexity index is 442. The van der Waals surface area contributed by atoms with E-state index in [0.29, 0.717) is 12.4 Å². The van der Waals surface area contributed by atoms with Crippen molar-refractivity contribution in [3.05, 3.63) is 34.4 Å². The molecule has 2 rings (SSSR count). The molecule has 1 heterocycles. The molecule has 0 atom stereocenters. The molecule has 1 fully saturated rings. The molecule has 0 aromatic heterocycles. The second-order valence-electron chi connectivity index (χ2n) is 5.55. The number of non-ortho nitro benzene ring substituents is 1. The Morgan fingerprint density at radius 1 is 1.33 bits per heavy atom. The smallest absolute Gasteiger partial charge is 0.269 e. The van der Waals surface area contributed by atoms with E-state index in [9.17, 15) is 10.1 Å². The third kappa shape index (κ3) is 5.32. The second-order valence-corrected chi connectivity index (χ2v) is 5.55. The van der Waals surface area contributed by atoms with Gasteiger partial charge >= 0.3 is 0 Å². The fourth-order valence-electron chi connectivity index (χ4n) is 2.48. The molecule has 0 saturated carbocycles. The lowest BCUT2D eigenvalue weighted by molar-refractivity contribution is -0.384. The highest BCUT2D eigenvalue weighted by atomic mass is 16.6. The Labute approximate surface area is 125 Å². The molecule has 0 radical (unpaired) electrons. The Morgan fingerprint density at radius 3 is 2.62 bits per heavy atom. The van der Waals surface area contributed by atoms with E-state index in [1.807, 2.05) is 0 Å². The number of ether oxygens (including phenoxy) is 1. The van der Waals surface area contributed by atoms with Crippen LogP contribution in [0.3, 0.4) is 0 Å². The van der Waals surface area contributed by atoms with Crippen LogP contribution in [0.4, 0.5) is 5.69 Å². The van der Waals surface area contributed by atoms with Gasteiger partial charge in [-0.05, 0) is 57.6 Å². The number of likely N-dealkylation sites (tertiary alicyclic amines) is 1. The number of nitro groups is 1. The summed E-state index contributed by atoms with van der Waals surface area (Å²) >= 11 is 0. The minimum atomic E-state index is -0.410. The second kappa shape index (κ2) is 7.95. The van der Waals surface area contributed by atoms with Crippen molar-refractivity contribution in [3.8, 4) is 5.75 Å². The summed E-state index contributed by atoms with van der Waals surface area (Å²) in [5.41, 5.74) is 0.0859. The van der Waals surface area contributed by atoms with Crippen molar-refractivity contribution in [2.45, 2.75) is 12.8 Å². The maximum Gasteiger partial charge on any atom is 0.269 e. The van der Waals surface area contributed by atoms with Crippen LogP contribution in [0.1, 0.15) is 12.8 Å². The zero-order valence-corrected chi connectivity index (χ0v) is 12.5. The van der Waals surface area contributed by atoms with E-state index in [-0.39, 0.29) is 5.69 Å². The van der Waals surface area contributed by atoms with Crippen LogP contribution in [0, 0.1) is 16.0 Å². The Balaban J connectivity index is 1.58. The molecule has 21 heavy (non-hydrogen) atoms. The van der Waals surface area contributed by atoms with Gasteiger partial charge in [-0.15, -0.1) is 0 Å². The van der Waals surface area contributed by atoms with Crippen LogP contribution < -0.4 is 10.1 Å². The Morgan fingerprint density at radius 2 is 2.00 bits per heavy atom. The van der Waals surface area contributed by atoms with Gasteiger partial charge in [-0.3, -0.25) is 10.1 Å². The lowest BCUT2D eigenvalue weighted by Crippen LogP contribution is -2.35. The normalized spacial score (nSPS) is 16.8. The van der Waals surface area contributed by atoms with Gasteiger partial charge in [0.1, 0.15) is 12.4 Å². The summed E-state index contributed by atoms with van der Waals surface area (Å²) < 4.78 is 5.55. The molecular formula is C15H23N3O3. The zero-order valence-electron chi connectivity index (χ0n) is 12.5. The quantitative estimate of drug-likeness (QED) is 0.472. The van der Waals surface area contributed by atoms with Crippen molar-refractivity contribution in [3.63, 3.8) is 0 Å². The first-order valence-electron chi connectivity index (χ1n) is 7.41. The van der Waals surface area contributed by atoms with Gasteiger partial charge in [-0.1, -0.05) is 0 Å². The molecule has 0 spiro atoms. The first-order valence-corrected chi connectivity index (χ1v) is 7.41. The van der Waals surface area contributed by atoms with Gasteiger partial charge in [0.2, 0.25) is 0 Å². The standard InChI is InChI=1S/C15H23N3O3/c1-17-9-6-13(7-10-17)12-16-8-11-21-15-4-2-14(3-5-15)18(19)20/h2-5,13,16H,6-12H2,1H3. The van der Waals surface area contributed by atoms with E-state index < -0.39 is 4.92 Å². The molecule has 1 aromatic rings. The minimum Gasteiger partial charge on any atom is -0.492 e. The van der Waals surface area contributed by atoms with Crippen LogP contribution in [0.25, 0.3) is 0 Å². The first kappa shape index (κ1) is 15.7. The lowest BCUT2D eigenvalue weighted by Gasteiger charge is -2.29. The summed E-state index contributed by atoms with van der Waals surface area (Å²) in [6, 6.07) is 6.19. The summed E-state index contributed by atoms with van der Waals surface area (Å²) in [5, 5.41) is 14.0. The summed E-state index contributed by atoms with van der Waals surface area (Å²) in [7, 11) is 2.17. The maximum atomic E-state index is 10.5. The molecule has 1 aromatic carbocycles. The fourth-order valence-corrected chi connectivity index (χ4v) is 2.48. The highest BCUT2D eigenvalue weighted by Gasteiger charge is 2.15. The lowest BCUT2D eigenvalue weighted by atomic mass is 9.97. The number of rotatable bonds is 7. The van der Waals surface area contributed by atoms with Gasteiger partial charge in [-0.25, -0.2) is 0 Å². The Hall–Kier alpha value is -1.66. The highest BCUT2D eigenvalue weighted by Crippen LogP contribution is 2.17. The van der Waals surface area contributed by atoms with Crippen LogP contribution in [0.5, 0.6) is 5.75 Å². The van der Waals surface area contributed by atoms with Crippen molar-refractivity contribution in [2.75, 3.05) is 39.8 Å². The SMILES string of the molecule is CN1CCC(CNCCOc2ccc([N+](=O)[O-])cc2)CC1. The molecule has 0 bridgehead atoms. The highest BCUT2D eigenvalue weighted by molar-refractivity contribution is 5.35. The van der Waals surface area contributed by atoms with Crippen molar-refractivity contribution < 1.29 is 9.66 Å².